The van der Waals surface area contributed by atoms with Gasteiger partial charge in [0.1, 0.15) is 0 Å². The fourth-order valence-corrected chi connectivity index (χ4v) is 5.88. The van der Waals surface area contributed by atoms with Gasteiger partial charge in [-0.05, 0) is 67.8 Å². The second kappa shape index (κ2) is 14.2. The van der Waals surface area contributed by atoms with E-state index < -0.39 is 0 Å². The molecule has 1 aromatic carbocycles. The molecule has 43 heavy (non-hydrogen) atoms. The number of piperazine rings is 1. The summed E-state index contributed by atoms with van der Waals surface area (Å²) in [6.07, 6.45) is 6.65. The van der Waals surface area contributed by atoms with Crippen LogP contribution in [0.1, 0.15) is 25.3 Å². The summed E-state index contributed by atoms with van der Waals surface area (Å²) < 4.78 is 6.16. The molecule has 226 valence electrons. The van der Waals surface area contributed by atoms with E-state index in [1.54, 1.807) is 30.3 Å². The lowest BCUT2D eigenvalue weighted by atomic mass is 9.96. The van der Waals surface area contributed by atoms with Gasteiger partial charge in [0, 0.05) is 67.9 Å². The number of anilines is 1. The van der Waals surface area contributed by atoms with Crippen LogP contribution in [-0.2, 0) is 16.1 Å². The number of carbonyl (C=O) groups is 2. The number of ether oxygens (including phenoxy) is 1. The smallest absolute Gasteiger partial charge is 0.246 e. The first-order chi connectivity index (χ1) is 20.7. The second-order valence-electron chi connectivity index (χ2n) is 10.9. The van der Waals surface area contributed by atoms with E-state index in [1.807, 2.05) is 29.2 Å². The highest BCUT2D eigenvalue weighted by atomic mass is 35.5. The zero-order valence-electron chi connectivity index (χ0n) is 24.1. The first-order valence-electron chi connectivity index (χ1n) is 14.4. The fraction of sp³-hybridized carbons (Fsp3) is 0.387. The standard InChI is InChI=1S/C31H35Cl2N7O3/c1-3-30(42)39-8-10-40(11-9-39)31-35-18-27(19-36-31)43-29-13-23(12-28(37-29)24-14-25(32)16-26(33)15-24)20-38-6-4-22(5-7-38)17-34-21(2)41/h3,12-16,18-19,22H,1,4-11,17,20H2,2H3,(H,34,41). The van der Waals surface area contributed by atoms with E-state index in [-0.39, 0.29) is 11.8 Å². The molecule has 2 aromatic heterocycles. The molecule has 0 unspecified atom stereocenters. The van der Waals surface area contributed by atoms with Gasteiger partial charge in [0.05, 0.1) is 18.1 Å². The van der Waals surface area contributed by atoms with Crippen LogP contribution in [0.2, 0.25) is 10.0 Å². The lowest BCUT2D eigenvalue weighted by Gasteiger charge is -2.34. The molecular weight excluding hydrogens is 589 g/mol. The SMILES string of the molecule is C=CC(=O)N1CCN(c2ncc(Oc3cc(CN4CCC(CNC(C)=O)CC4)cc(-c4cc(Cl)cc(Cl)c4)n3)cn2)CC1. The van der Waals surface area contributed by atoms with Gasteiger partial charge in [-0.1, -0.05) is 29.8 Å². The van der Waals surface area contributed by atoms with Crippen LogP contribution in [0.25, 0.3) is 11.3 Å². The maximum atomic E-state index is 11.9. The molecule has 0 bridgehead atoms. The average Bonchev–Trinajstić information content (AvgIpc) is 3.00. The van der Waals surface area contributed by atoms with Crippen molar-refractivity contribution in [2.75, 3.05) is 50.7 Å². The molecule has 0 spiro atoms. The van der Waals surface area contributed by atoms with Gasteiger partial charge in [0.2, 0.25) is 23.6 Å². The summed E-state index contributed by atoms with van der Waals surface area (Å²) in [4.78, 5) is 43.2. The number of benzene rings is 1. The number of hydrogen-bond donors (Lipinski definition) is 1. The number of nitrogens with one attached hydrogen (secondary N) is 1. The van der Waals surface area contributed by atoms with Crippen molar-refractivity contribution in [3.8, 4) is 22.9 Å². The number of piperidine rings is 1. The van der Waals surface area contributed by atoms with Gasteiger partial charge in [-0.15, -0.1) is 0 Å². The van der Waals surface area contributed by atoms with Gasteiger partial charge < -0.3 is 19.9 Å². The van der Waals surface area contributed by atoms with E-state index >= 15 is 0 Å². The van der Waals surface area contributed by atoms with Crippen molar-refractivity contribution < 1.29 is 14.3 Å². The molecule has 3 aromatic rings. The molecule has 2 amide bonds. The first kappa shape index (κ1) is 30.7. The molecular formula is C31H35Cl2N7O3. The van der Waals surface area contributed by atoms with Crippen molar-refractivity contribution in [3.05, 3.63) is 71.0 Å². The zero-order chi connectivity index (χ0) is 30.3. The van der Waals surface area contributed by atoms with E-state index in [4.69, 9.17) is 32.9 Å². The average molecular weight is 625 g/mol. The molecule has 12 heteroatoms. The van der Waals surface area contributed by atoms with Crippen LogP contribution < -0.4 is 15.0 Å². The van der Waals surface area contributed by atoms with Crippen molar-refractivity contribution >= 4 is 41.0 Å². The van der Waals surface area contributed by atoms with Crippen LogP contribution in [0, 0.1) is 5.92 Å². The van der Waals surface area contributed by atoms with Crippen molar-refractivity contribution in [1.29, 1.82) is 0 Å². The van der Waals surface area contributed by atoms with Crippen molar-refractivity contribution in [2.24, 2.45) is 5.92 Å². The Morgan fingerprint density at radius 2 is 1.67 bits per heavy atom. The van der Waals surface area contributed by atoms with Crippen molar-refractivity contribution in [1.82, 2.24) is 30.1 Å². The zero-order valence-corrected chi connectivity index (χ0v) is 25.7. The monoisotopic (exact) mass is 623 g/mol. The van der Waals surface area contributed by atoms with Gasteiger partial charge in [-0.3, -0.25) is 14.5 Å². The molecule has 2 fully saturated rings. The fourth-order valence-electron chi connectivity index (χ4n) is 5.35. The van der Waals surface area contributed by atoms with Crippen LogP contribution >= 0.6 is 23.2 Å². The van der Waals surface area contributed by atoms with Crippen LogP contribution in [0.4, 0.5) is 5.95 Å². The predicted octanol–water partition coefficient (Wildman–Crippen LogP) is 4.82. The minimum atomic E-state index is -0.0649. The van der Waals surface area contributed by atoms with Crippen LogP contribution in [0.3, 0.4) is 0 Å². The molecule has 0 aliphatic carbocycles. The summed E-state index contributed by atoms with van der Waals surface area (Å²) in [7, 11) is 0. The third kappa shape index (κ3) is 8.43. The summed E-state index contributed by atoms with van der Waals surface area (Å²) in [6.45, 7) is 10.9. The molecule has 2 saturated heterocycles. The van der Waals surface area contributed by atoms with Crippen LogP contribution in [0.15, 0.2) is 55.4 Å². The second-order valence-corrected chi connectivity index (χ2v) is 11.7. The molecule has 10 nitrogen and oxygen atoms in total. The number of halogens is 2. The van der Waals surface area contributed by atoms with E-state index in [1.165, 1.54) is 6.08 Å². The molecule has 2 aliphatic heterocycles. The summed E-state index contributed by atoms with van der Waals surface area (Å²) in [5.74, 6) is 1.89. The Kier molecular flexibility index (Phi) is 10.1. The molecule has 1 N–H and O–H groups in total. The van der Waals surface area contributed by atoms with E-state index in [0.29, 0.717) is 65.4 Å². The number of pyridine rings is 1. The van der Waals surface area contributed by atoms with Gasteiger partial charge >= 0.3 is 0 Å². The largest absolute Gasteiger partial charge is 0.436 e. The van der Waals surface area contributed by atoms with Crippen LogP contribution in [-0.4, -0.2) is 82.4 Å². The maximum Gasteiger partial charge on any atom is 0.246 e. The van der Waals surface area contributed by atoms with Gasteiger partial charge in [0.25, 0.3) is 0 Å². The Balaban J connectivity index is 1.30. The predicted molar refractivity (Wildman–Crippen MR) is 167 cm³/mol. The third-order valence-electron chi connectivity index (χ3n) is 7.66. The van der Waals surface area contributed by atoms with Crippen molar-refractivity contribution in [3.63, 3.8) is 0 Å². The summed E-state index contributed by atoms with van der Waals surface area (Å²) in [6, 6.07) is 9.32. The molecule has 4 heterocycles. The summed E-state index contributed by atoms with van der Waals surface area (Å²) in [5.41, 5.74) is 2.53. The number of likely N-dealkylation sites (tertiary alicyclic amines) is 1. The van der Waals surface area contributed by atoms with E-state index in [0.717, 1.165) is 50.1 Å². The number of nitrogens with zero attached hydrogens (tertiary/aromatic N) is 6. The highest BCUT2D eigenvalue weighted by Crippen LogP contribution is 2.31. The van der Waals surface area contributed by atoms with Gasteiger partial charge in [0.15, 0.2) is 5.75 Å². The number of hydrogen-bond acceptors (Lipinski definition) is 8. The Bertz CT molecular complexity index is 1430. The maximum absolute atomic E-state index is 11.9. The van der Waals surface area contributed by atoms with Crippen LogP contribution in [0.5, 0.6) is 11.6 Å². The molecule has 0 saturated carbocycles. The number of aromatic nitrogens is 3. The highest BCUT2D eigenvalue weighted by Gasteiger charge is 2.22. The Hall–Kier alpha value is -3.73. The highest BCUT2D eigenvalue weighted by molar-refractivity contribution is 6.35. The third-order valence-corrected chi connectivity index (χ3v) is 8.10. The van der Waals surface area contributed by atoms with E-state index in [9.17, 15) is 9.59 Å². The lowest BCUT2D eigenvalue weighted by Crippen LogP contribution is -2.48. The normalized spacial score (nSPS) is 16.2. The topological polar surface area (TPSA) is 104 Å². The molecule has 5 rings (SSSR count). The Morgan fingerprint density at radius 1 is 1.00 bits per heavy atom. The molecule has 2 aliphatic rings. The van der Waals surface area contributed by atoms with E-state index in [2.05, 4.69) is 26.8 Å². The quantitative estimate of drug-likeness (QED) is 0.338. The number of rotatable bonds is 9. The van der Waals surface area contributed by atoms with Gasteiger partial charge in [-0.25, -0.2) is 15.0 Å². The Morgan fingerprint density at radius 3 is 2.30 bits per heavy atom. The lowest BCUT2D eigenvalue weighted by molar-refractivity contribution is -0.126. The molecule has 0 atom stereocenters. The minimum Gasteiger partial charge on any atom is -0.436 e. The summed E-state index contributed by atoms with van der Waals surface area (Å²) in [5, 5.41) is 3.99. The number of carbonyl (C=O) groups excluding carboxylic acids is 2. The minimum absolute atomic E-state index is 0.0141. The number of amides is 2. The van der Waals surface area contributed by atoms with Gasteiger partial charge in [-0.2, -0.15) is 0 Å². The molecule has 0 radical (unpaired) electrons. The first-order valence-corrected chi connectivity index (χ1v) is 15.1. The van der Waals surface area contributed by atoms with Crippen molar-refractivity contribution in [2.45, 2.75) is 26.3 Å². The Labute approximate surface area is 261 Å². The summed E-state index contributed by atoms with van der Waals surface area (Å²) >= 11 is 12.6.